The Morgan fingerprint density at radius 1 is 1.08 bits per heavy atom. The van der Waals surface area contributed by atoms with Crippen LogP contribution in [0.15, 0.2) is 47.4 Å². The fourth-order valence-corrected chi connectivity index (χ4v) is 4.81. The zero-order chi connectivity index (χ0) is 28.9. The van der Waals surface area contributed by atoms with Crippen molar-refractivity contribution in [1.82, 2.24) is 14.9 Å². The van der Waals surface area contributed by atoms with Gasteiger partial charge in [-0.3, -0.25) is 19.4 Å². The summed E-state index contributed by atoms with van der Waals surface area (Å²) >= 11 is 0. The van der Waals surface area contributed by atoms with Crippen molar-refractivity contribution in [3.63, 3.8) is 0 Å². The Hall–Kier alpha value is -3.81. The summed E-state index contributed by atoms with van der Waals surface area (Å²) in [6.07, 6.45) is 1.71. The summed E-state index contributed by atoms with van der Waals surface area (Å²) in [5.41, 5.74) is 4.14. The minimum absolute atomic E-state index is 0.0907. The van der Waals surface area contributed by atoms with Crippen LogP contribution >= 0.6 is 0 Å². The van der Waals surface area contributed by atoms with E-state index < -0.39 is 29.8 Å². The molecule has 0 spiro atoms. The predicted molar refractivity (Wildman–Crippen MR) is 150 cm³/mol. The highest BCUT2D eigenvalue weighted by molar-refractivity contribution is 5.82. The van der Waals surface area contributed by atoms with E-state index >= 15 is 4.39 Å². The largest absolute Gasteiger partial charge is 0.466 e. The summed E-state index contributed by atoms with van der Waals surface area (Å²) in [7, 11) is 0. The third-order valence-corrected chi connectivity index (χ3v) is 6.69. The third kappa shape index (κ3) is 7.19. The number of benzene rings is 1. The number of carbonyl (C=O) groups is 2. The summed E-state index contributed by atoms with van der Waals surface area (Å²) in [5, 5.41) is 2.88. The van der Waals surface area contributed by atoms with Crippen LogP contribution in [0, 0.1) is 39.4 Å². The number of rotatable bonds is 10. The Balaban J connectivity index is 2.11. The molecular weight excluding hydrogens is 497 g/mol. The van der Waals surface area contributed by atoms with Crippen LogP contribution in [-0.4, -0.2) is 28.0 Å². The molecular formula is C31H38FN3O4. The molecule has 3 rings (SSSR count). The SMILES string of the molecule is CCOC(=O)CC(NC(=O)C(CC(C)C)n1ccc(C)cc1=O)c1cc(-c2c(C)cccc2C)nc(C)c1F. The first-order valence-electron chi connectivity index (χ1n) is 13.3. The molecule has 0 fully saturated rings. The highest BCUT2D eigenvalue weighted by Gasteiger charge is 2.29. The van der Waals surface area contributed by atoms with E-state index in [2.05, 4.69) is 10.3 Å². The Kier molecular flexibility index (Phi) is 9.78. The lowest BCUT2D eigenvalue weighted by molar-refractivity contribution is -0.144. The van der Waals surface area contributed by atoms with Gasteiger partial charge in [-0.15, -0.1) is 0 Å². The molecule has 3 aromatic rings. The van der Waals surface area contributed by atoms with Crippen LogP contribution in [0.25, 0.3) is 11.3 Å². The summed E-state index contributed by atoms with van der Waals surface area (Å²) in [6, 6.07) is 8.81. The van der Waals surface area contributed by atoms with Crippen LogP contribution < -0.4 is 10.9 Å². The maximum Gasteiger partial charge on any atom is 0.308 e. The Morgan fingerprint density at radius 2 is 1.74 bits per heavy atom. The zero-order valence-electron chi connectivity index (χ0n) is 23.8. The van der Waals surface area contributed by atoms with Gasteiger partial charge in [0, 0.05) is 23.4 Å². The van der Waals surface area contributed by atoms with Crippen LogP contribution in [0.3, 0.4) is 0 Å². The number of halogens is 1. The number of carbonyl (C=O) groups excluding carboxylic acids is 2. The molecule has 0 saturated heterocycles. The minimum atomic E-state index is -1.03. The molecule has 8 heteroatoms. The molecule has 2 atom stereocenters. The van der Waals surface area contributed by atoms with Crippen molar-refractivity contribution in [1.29, 1.82) is 0 Å². The Bertz CT molecular complexity index is 1390. The van der Waals surface area contributed by atoms with Gasteiger partial charge in [0.1, 0.15) is 11.9 Å². The lowest BCUT2D eigenvalue weighted by atomic mass is 9.95. The summed E-state index contributed by atoms with van der Waals surface area (Å²) in [6.45, 7) is 13.0. The monoisotopic (exact) mass is 535 g/mol. The molecule has 7 nitrogen and oxygen atoms in total. The molecule has 0 aliphatic heterocycles. The van der Waals surface area contributed by atoms with Gasteiger partial charge in [0.2, 0.25) is 5.91 Å². The second-order valence-electron chi connectivity index (χ2n) is 10.4. The first-order chi connectivity index (χ1) is 18.4. The van der Waals surface area contributed by atoms with Gasteiger partial charge < -0.3 is 14.6 Å². The Labute approximate surface area is 229 Å². The maximum absolute atomic E-state index is 15.7. The first kappa shape index (κ1) is 29.7. The first-order valence-corrected chi connectivity index (χ1v) is 13.3. The average molecular weight is 536 g/mol. The fraction of sp³-hybridized carbons (Fsp3) is 0.419. The van der Waals surface area contributed by atoms with Crippen LogP contribution in [-0.2, 0) is 14.3 Å². The standard InChI is InChI=1S/C31H38FN3O4/c1-8-39-28(37)17-24(34-31(38)26(14-18(2)3)35-13-12-19(4)15-27(35)36)23-16-25(33-22(7)30(23)32)29-20(5)10-9-11-21(29)6/h9-13,15-16,18,24,26H,8,14,17H2,1-7H3,(H,34,38). The van der Waals surface area contributed by atoms with E-state index in [1.54, 1.807) is 39.1 Å². The number of pyridine rings is 2. The smallest absolute Gasteiger partial charge is 0.308 e. The van der Waals surface area contributed by atoms with E-state index in [1.807, 2.05) is 45.9 Å². The number of ether oxygens (including phenoxy) is 1. The van der Waals surface area contributed by atoms with Crippen molar-refractivity contribution in [2.45, 2.75) is 73.4 Å². The van der Waals surface area contributed by atoms with Crippen LogP contribution in [0.5, 0.6) is 0 Å². The zero-order valence-corrected chi connectivity index (χ0v) is 23.8. The second kappa shape index (κ2) is 12.8. The quantitative estimate of drug-likeness (QED) is 0.337. The predicted octanol–water partition coefficient (Wildman–Crippen LogP) is 5.68. The number of amides is 1. The van der Waals surface area contributed by atoms with Crippen molar-refractivity contribution in [2.75, 3.05) is 6.61 Å². The molecule has 2 heterocycles. The molecule has 0 aliphatic rings. The topological polar surface area (TPSA) is 90.3 Å². The summed E-state index contributed by atoms with van der Waals surface area (Å²) in [5.74, 6) is -1.56. The van der Waals surface area contributed by atoms with Gasteiger partial charge in [-0.2, -0.15) is 0 Å². The summed E-state index contributed by atoms with van der Waals surface area (Å²) in [4.78, 5) is 43.6. The Morgan fingerprint density at radius 3 is 2.33 bits per heavy atom. The van der Waals surface area contributed by atoms with Gasteiger partial charge in [0.05, 0.1) is 30.5 Å². The number of aromatic nitrogens is 2. The minimum Gasteiger partial charge on any atom is -0.466 e. The normalized spacial score (nSPS) is 12.7. The van der Waals surface area contributed by atoms with Gasteiger partial charge in [-0.05, 0) is 75.8 Å². The van der Waals surface area contributed by atoms with Crippen LogP contribution in [0.1, 0.15) is 73.6 Å². The molecule has 0 radical (unpaired) electrons. The van der Waals surface area contributed by atoms with E-state index in [4.69, 9.17) is 4.74 Å². The van der Waals surface area contributed by atoms with Gasteiger partial charge >= 0.3 is 5.97 Å². The molecule has 2 unspecified atom stereocenters. The third-order valence-electron chi connectivity index (χ3n) is 6.69. The van der Waals surface area contributed by atoms with Crippen LogP contribution in [0.2, 0.25) is 0 Å². The van der Waals surface area contributed by atoms with Crippen molar-refractivity contribution in [3.05, 3.63) is 86.7 Å². The van der Waals surface area contributed by atoms with Gasteiger partial charge in [-0.1, -0.05) is 32.0 Å². The highest BCUT2D eigenvalue weighted by atomic mass is 19.1. The molecule has 2 aromatic heterocycles. The molecule has 208 valence electrons. The van der Waals surface area contributed by atoms with Crippen molar-refractivity contribution in [3.8, 4) is 11.3 Å². The van der Waals surface area contributed by atoms with Gasteiger partial charge in [-0.25, -0.2) is 4.39 Å². The van der Waals surface area contributed by atoms with Crippen molar-refractivity contribution in [2.24, 2.45) is 5.92 Å². The number of esters is 1. The molecule has 0 bridgehead atoms. The van der Waals surface area contributed by atoms with E-state index in [0.29, 0.717) is 12.1 Å². The molecule has 1 N–H and O–H groups in total. The van der Waals surface area contributed by atoms with Crippen molar-refractivity contribution < 1.29 is 18.7 Å². The molecule has 39 heavy (non-hydrogen) atoms. The highest BCUT2D eigenvalue weighted by Crippen LogP contribution is 2.32. The molecule has 0 aliphatic carbocycles. The van der Waals surface area contributed by atoms with Gasteiger partial charge in [0.15, 0.2) is 0 Å². The maximum atomic E-state index is 15.7. The number of nitrogens with one attached hydrogen (secondary N) is 1. The lowest BCUT2D eigenvalue weighted by Gasteiger charge is -2.26. The molecule has 1 amide bonds. The lowest BCUT2D eigenvalue weighted by Crippen LogP contribution is -2.40. The fourth-order valence-electron chi connectivity index (χ4n) is 4.81. The number of hydrogen-bond acceptors (Lipinski definition) is 5. The van der Waals surface area contributed by atoms with Gasteiger partial charge in [0.25, 0.3) is 5.56 Å². The molecule has 0 saturated carbocycles. The van der Waals surface area contributed by atoms with E-state index in [0.717, 1.165) is 22.3 Å². The van der Waals surface area contributed by atoms with Crippen LogP contribution in [0.4, 0.5) is 4.39 Å². The van der Waals surface area contributed by atoms with E-state index in [1.165, 1.54) is 10.6 Å². The number of aryl methyl sites for hydroxylation is 4. The van der Waals surface area contributed by atoms with Crippen molar-refractivity contribution >= 4 is 11.9 Å². The van der Waals surface area contributed by atoms with E-state index in [9.17, 15) is 14.4 Å². The second-order valence-corrected chi connectivity index (χ2v) is 10.4. The number of nitrogens with zero attached hydrogens (tertiary/aromatic N) is 2. The average Bonchev–Trinajstić information content (AvgIpc) is 2.84. The summed E-state index contributed by atoms with van der Waals surface area (Å²) < 4.78 is 22.2. The molecule has 1 aromatic carbocycles. The number of hydrogen-bond donors (Lipinski definition) is 1. The van der Waals surface area contributed by atoms with E-state index in [-0.39, 0.29) is 35.8 Å².